The molecule has 1 aromatic heterocycles. The molecule has 6 nitrogen and oxygen atoms in total. The van der Waals surface area contributed by atoms with Gasteiger partial charge < -0.3 is 9.26 Å². The average Bonchev–Trinajstić information content (AvgIpc) is 2.77. The van der Waals surface area contributed by atoms with E-state index in [0.29, 0.717) is 5.76 Å². The standard InChI is InChI=1S/C14H16N4O2/c1-8-5-11(19-4)6-9(2)13(8)14-12(7-16-18-15)10(3)20-17-14/h5-6H,7H2,1-4H3. The van der Waals surface area contributed by atoms with E-state index in [1.54, 1.807) is 7.11 Å². The minimum absolute atomic E-state index is 0.228. The van der Waals surface area contributed by atoms with Crippen molar-refractivity contribution in [1.82, 2.24) is 5.16 Å². The molecule has 0 amide bonds. The van der Waals surface area contributed by atoms with Crippen LogP contribution in [0.5, 0.6) is 5.75 Å². The third-order valence-corrected chi connectivity index (χ3v) is 3.26. The van der Waals surface area contributed by atoms with E-state index >= 15 is 0 Å². The smallest absolute Gasteiger partial charge is 0.137 e. The summed E-state index contributed by atoms with van der Waals surface area (Å²) in [6.45, 7) is 6.03. The van der Waals surface area contributed by atoms with Gasteiger partial charge >= 0.3 is 0 Å². The Morgan fingerprint density at radius 1 is 1.30 bits per heavy atom. The van der Waals surface area contributed by atoms with Crippen molar-refractivity contribution in [2.24, 2.45) is 5.11 Å². The molecule has 0 atom stereocenters. The molecule has 0 N–H and O–H groups in total. The average molecular weight is 272 g/mol. The second-order valence-corrected chi connectivity index (χ2v) is 4.59. The van der Waals surface area contributed by atoms with Crippen molar-refractivity contribution in [2.45, 2.75) is 27.3 Å². The minimum atomic E-state index is 0.228. The molecule has 1 aromatic carbocycles. The first kappa shape index (κ1) is 14.0. The lowest BCUT2D eigenvalue weighted by Gasteiger charge is -2.11. The number of hydrogen-bond donors (Lipinski definition) is 0. The van der Waals surface area contributed by atoms with Crippen molar-refractivity contribution < 1.29 is 9.26 Å². The summed E-state index contributed by atoms with van der Waals surface area (Å²) in [4.78, 5) is 2.79. The Morgan fingerprint density at radius 3 is 2.50 bits per heavy atom. The lowest BCUT2D eigenvalue weighted by atomic mass is 9.96. The summed E-state index contributed by atoms with van der Waals surface area (Å²) in [6.07, 6.45) is 0. The van der Waals surface area contributed by atoms with Gasteiger partial charge in [0.25, 0.3) is 0 Å². The minimum Gasteiger partial charge on any atom is -0.497 e. The molecule has 0 unspecified atom stereocenters. The molecule has 0 bridgehead atoms. The summed E-state index contributed by atoms with van der Waals surface area (Å²) in [7, 11) is 1.64. The highest BCUT2D eigenvalue weighted by atomic mass is 16.5. The van der Waals surface area contributed by atoms with Crippen molar-refractivity contribution in [3.63, 3.8) is 0 Å². The molecule has 0 aliphatic rings. The van der Waals surface area contributed by atoms with Gasteiger partial charge in [0.2, 0.25) is 0 Å². The topological polar surface area (TPSA) is 84.0 Å². The van der Waals surface area contributed by atoms with Gasteiger partial charge in [-0.1, -0.05) is 10.3 Å². The molecule has 0 fully saturated rings. The van der Waals surface area contributed by atoms with Gasteiger partial charge in [-0.25, -0.2) is 0 Å². The van der Waals surface area contributed by atoms with Crippen molar-refractivity contribution in [3.8, 4) is 17.0 Å². The van der Waals surface area contributed by atoms with Gasteiger partial charge in [-0.3, -0.25) is 0 Å². The predicted octanol–water partition coefficient (Wildman–Crippen LogP) is 4.09. The van der Waals surface area contributed by atoms with Crippen molar-refractivity contribution >= 4 is 0 Å². The van der Waals surface area contributed by atoms with Gasteiger partial charge in [-0.15, -0.1) is 0 Å². The summed E-state index contributed by atoms with van der Waals surface area (Å²) < 4.78 is 10.5. The van der Waals surface area contributed by atoms with Gasteiger partial charge in [0.1, 0.15) is 17.2 Å². The fourth-order valence-electron chi connectivity index (χ4n) is 2.29. The summed E-state index contributed by atoms with van der Waals surface area (Å²) in [5.74, 6) is 1.47. The van der Waals surface area contributed by atoms with Gasteiger partial charge in [0.15, 0.2) is 0 Å². The Hall–Kier alpha value is -2.46. The number of rotatable bonds is 4. The second-order valence-electron chi connectivity index (χ2n) is 4.59. The van der Waals surface area contributed by atoms with Crippen molar-refractivity contribution in [1.29, 1.82) is 0 Å². The fraction of sp³-hybridized carbons (Fsp3) is 0.357. The Balaban J connectivity index is 2.60. The number of nitrogens with zero attached hydrogens (tertiary/aromatic N) is 4. The Labute approximate surface area is 117 Å². The van der Waals surface area contributed by atoms with Crippen molar-refractivity contribution in [2.75, 3.05) is 7.11 Å². The molecule has 0 saturated carbocycles. The van der Waals surface area contributed by atoms with Crippen LogP contribution in [0.25, 0.3) is 21.7 Å². The molecule has 2 rings (SSSR count). The molecule has 1 heterocycles. The third-order valence-electron chi connectivity index (χ3n) is 3.26. The largest absolute Gasteiger partial charge is 0.497 e. The number of aryl methyl sites for hydroxylation is 3. The molecule has 0 spiro atoms. The number of ether oxygens (including phenoxy) is 1. The number of aromatic nitrogens is 1. The fourth-order valence-corrected chi connectivity index (χ4v) is 2.29. The van der Waals surface area contributed by atoms with Crippen molar-refractivity contribution in [3.05, 3.63) is 45.0 Å². The number of azide groups is 1. The first-order valence-electron chi connectivity index (χ1n) is 6.20. The quantitative estimate of drug-likeness (QED) is 0.477. The molecule has 0 saturated heterocycles. The normalized spacial score (nSPS) is 10.2. The molecule has 20 heavy (non-hydrogen) atoms. The van der Waals surface area contributed by atoms with E-state index < -0.39 is 0 Å². The molecule has 0 radical (unpaired) electrons. The van der Waals surface area contributed by atoms with E-state index in [-0.39, 0.29) is 6.54 Å². The van der Waals surface area contributed by atoms with Crippen LogP contribution in [0.4, 0.5) is 0 Å². The van der Waals surface area contributed by atoms with Crippen LogP contribution in [-0.4, -0.2) is 12.3 Å². The zero-order valence-corrected chi connectivity index (χ0v) is 12.0. The first-order chi connectivity index (χ1) is 9.58. The SMILES string of the molecule is COc1cc(C)c(-c2noc(C)c2CN=[N+]=[N-])c(C)c1. The highest BCUT2D eigenvalue weighted by Crippen LogP contribution is 2.33. The Bertz CT molecular complexity index is 661. The molecule has 104 valence electrons. The third kappa shape index (κ3) is 2.46. The summed E-state index contributed by atoms with van der Waals surface area (Å²) in [5.41, 5.74) is 13.1. The molecular weight excluding hydrogens is 256 g/mol. The zero-order chi connectivity index (χ0) is 14.7. The van der Waals surface area contributed by atoms with Gasteiger partial charge in [-0.2, -0.15) is 0 Å². The van der Waals surface area contributed by atoms with Crippen LogP contribution in [0.2, 0.25) is 0 Å². The van der Waals surface area contributed by atoms with Crippen LogP contribution >= 0.6 is 0 Å². The highest BCUT2D eigenvalue weighted by molar-refractivity contribution is 5.71. The number of hydrogen-bond acceptors (Lipinski definition) is 4. The summed E-state index contributed by atoms with van der Waals surface area (Å²) in [6, 6.07) is 3.90. The predicted molar refractivity (Wildman–Crippen MR) is 75.6 cm³/mol. The van der Waals surface area contributed by atoms with Crippen LogP contribution in [0.1, 0.15) is 22.5 Å². The maximum absolute atomic E-state index is 8.49. The van der Waals surface area contributed by atoms with Crippen LogP contribution in [-0.2, 0) is 6.54 Å². The van der Waals surface area contributed by atoms with E-state index in [0.717, 1.165) is 33.7 Å². The molecular formula is C14H16N4O2. The monoisotopic (exact) mass is 272 g/mol. The van der Waals surface area contributed by atoms with Crippen LogP contribution in [0, 0.1) is 20.8 Å². The van der Waals surface area contributed by atoms with Crippen LogP contribution in [0.15, 0.2) is 21.8 Å². The summed E-state index contributed by atoms with van der Waals surface area (Å²) >= 11 is 0. The van der Waals surface area contributed by atoms with E-state index in [2.05, 4.69) is 15.2 Å². The molecule has 0 aliphatic heterocycles. The molecule has 0 aliphatic carbocycles. The molecule has 6 heteroatoms. The van der Waals surface area contributed by atoms with Gasteiger partial charge in [-0.05, 0) is 49.6 Å². The zero-order valence-electron chi connectivity index (χ0n) is 12.0. The maximum Gasteiger partial charge on any atom is 0.137 e. The van der Waals surface area contributed by atoms with E-state index in [9.17, 15) is 0 Å². The van der Waals surface area contributed by atoms with E-state index in [4.69, 9.17) is 14.8 Å². The number of benzene rings is 1. The maximum atomic E-state index is 8.49. The molecule has 2 aromatic rings. The number of methoxy groups -OCH3 is 1. The lowest BCUT2D eigenvalue weighted by Crippen LogP contribution is -1.95. The van der Waals surface area contributed by atoms with Gasteiger partial charge in [0.05, 0.1) is 13.7 Å². The Morgan fingerprint density at radius 2 is 1.95 bits per heavy atom. The highest BCUT2D eigenvalue weighted by Gasteiger charge is 2.18. The van der Waals surface area contributed by atoms with E-state index in [1.165, 1.54) is 0 Å². The lowest BCUT2D eigenvalue weighted by molar-refractivity contribution is 0.398. The van der Waals surface area contributed by atoms with Crippen LogP contribution < -0.4 is 4.74 Å². The van der Waals surface area contributed by atoms with E-state index in [1.807, 2.05) is 32.9 Å². The van der Waals surface area contributed by atoms with Gasteiger partial charge in [0, 0.05) is 16.0 Å². The Kier molecular flexibility index (Phi) is 3.96. The first-order valence-corrected chi connectivity index (χ1v) is 6.20. The van der Waals surface area contributed by atoms with Crippen LogP contribution in [0.3, 0.4) is 0 Å². The second kappa shape index (κ2) is 5.67. The summed E-state index contributed by atoms with van der Waals surface area (Å²) in [5, 5.41) is 7.73.